The minimum absolute atomic E-state index is 0.0974. The number of hydrogen-bond donors (Lipinski definition) is 1. The van der Waals surface area contributed by atoms with Crippen LogP contribution in [-0.2, 0) is 0 Å². The maximum Gasteiger partial charge on any atom is 0.192 e. The lowest BCUT2D eigenvalue weighted by atomic mass is 10.2. The number of para-hydroxylation sites is 1. The van der Waals surface area contributed by atoms with E-state index in [9.17, 15) is 0 Å². The molecule has 0 radical (unpaired) electrons. The lowest BCUT2D eigenvalue weighted by Crippen LogP contribution is -2.01. The predicted octanol–water partition coefficient (Wildman–Crippen LogP) is 3.63. The van der Waals surface area contributed by atoms with Crippen molar-refractivity contribution in [3.8, 4) is 18.2 Å². The zero-order chi connectivity index (χ0) is 16.7. The molecule has 0 atom stereocenters. The van der Waals surface area contributed by atoms with Crippen molar-refractivity contribution in [3.63, 3.8) is 0 Å². The van der Waals surface area contributed by atoms with E-state index in [1.807, 2.05) is 18.2 Å². The van der Waals surface area contributed by atoms with Crippen LogP contribution in [0.2, 0.25) is 0 Å². The summed E-state index contributed by atoms with van der Waals surface area (Å²) >= 11 is 4.57. The van der Waals surface area contributed by atoms with Crippen molar-refractivity contribution in [2.24, 2.45) is 0 Å². The predicted molar refractivity (Wildman–Crippen MR) is 87.8 cm³/mol. The molecule has 0 saturated carbocycles. The summed E-state index contributed by atoms with van der Waals surface area (Å²) in [5, 5.41) is 30.2. The van der Waals surface area contributed by atoms with Gasteiger partial charge in [-0.1, -0.05) is 12.1 Å². The number of aromatic nitrogens is 2. The van der Waals surface area contributed by atoms with Gasteiger partial charge in [-0.3, -0.25) is 0 Å². The fraction of sp³-hybridized carbons (Fsp3) is 0. The largest absolute Gasteiger partial charge is 0.344 e. The van der Waals surface area contributed by atoms with Crippen LogP contribution in [0.25, 0.3) is 0 Å². The molecule has 8 heteroatoms. The zero-order valence-electron chi connectivity index (χ0n) is 11.5. The number of anilines is 1. The molecule has 2 rings (SSSR count). The van der Waals surface area contributed by atoms with Crippen LogP contribution in [-0.4, -0.2) is 9.97 Å². The molecule has 0 unspecified atom stereocenters. The van der Waals surface area contributed by atoms with E-state index >= 15 is 0 Å². The summed E-state index contributed by atoms with van der Waals surface area (Å²) in [6, 6.07) is 12.4. The van der Waals surface area contributed by atoms with Crippen LogP contribution in [0.4, 0.5) is 5.69 Å². The smallest absolute Gasteiger partial charge is 0.192 e. The first-order chi connectivity index (χ1) is 11.2. The number of halogens is 1. The maximum absolute atomic E-state index is 9.12. The molecule has 0 amide bonds. The van der Waals surface area contributed by atoms with E-state index in [0.717, 1.165) is 9.37 Å². The number of hydrogen-bond acceptors (Lipinski definition) is 7. The Morgan fingerprint density at radius 2 is 1.70 bits per heavy atom. The average Bonchev–Trinajstić information content (AvgIpc) is 2.58. The summed E-state index contributed by atoms with van der Waals surface area (Å²) < 4.78 is 0.774. The molecule has 2 aromatic rings. The number of rotatable bonds is 4. The second-order valence-corrected chi connectivity index (χ2v) is 5.92. The minimum atomic E-state index is -0.271. The molecule has 1 aromatic heterocycles. The molecule has 1 heterocycles. The quantitative estimate of drug-likeness (QED) is 0.634. The molecule has 1 aromatic carbocycles. The van der Waals surface area contributed by atoms with Gasteiger partial charge in [0.1, 0.15) is 23.9 Å². The Morgan fingerprint density at radius 1 is 1.04 bits per heavy atom. The van der Waals surface area contributed by atoms with Crippen molar-refractivity contribution in [2.45, 2.75) is 10.1 Å². The molecule has 0 spiro atoms. The van der Waals surface area contributed by atoms with Gasteiger partial charge in [-0.15, -0.1) is 0 Å². The Kier molecular flexibility index (Phi) is 5.71. The molecule has 0 aliphatic heterocycles. The fourth-order valence-corrected chi connectivity index (χ4v) is 2.52. The highest BCUT2D eigenvalue weighted by atomic mass is 79.9. The fourth-order valence-electron chi connectivity index (χ4n) is 1.53. The van der Waals surface area contributed by atoms with E-state index in [1.165, 1.54) is 11.8 Å². The Hall–Kier alpha value is -2.86. The lowest BCUT2D eigenvalue weighted by Gasteiger charge is -2.10. The summed E-state index contributed by atoms with van der Waals surface area (Å²) in [6.45, 7) is 0. The molecule has 1 N–H and O–H groups in total. The SMILES string of the molecule is N#CC(C#N)=C(C#N)Nc1ccccc1Sc1ncc(Br)cn1. The van der Waals surface area contributed by atoms with Gasteiger partial charge in [-0.05, 0) is 39.8 Å². The van der Waals surface area contributed by atoms with Gasteiger partial charge >= 0.3 is 0 Å². The minimum Gasteiger partial charge on any atom is -0.344 e. The molecule has 23 heavy (non-hydrogen) atoms. The molecular formula is C15H7BrN6S. The zero-order valence-corrected chi connectivity index (χ0v) is 13.9. The summed E-state index contributed by atoms with van der Waals surface area (Å²) in [7, 11) is 0. The Balaban J connectivity index is 2.33. The highest BCUT2D eigenvalue weighted by Crippen LogP contribution is 2.32. The van der Waals surface area contributed by atoms with Crippen LogP contribution in [0.1, 0.15) is 0 Å². The van der Waals surface area contributed by atoms with Crippen molar-refractivity contribution >= 4 is 33.4 Å². The number of nitrogens with zero attached hydrogens (tertiary/aromatic N) is 5. The van der Waals surface area contributed by atoms with E-state index in [2.05, 4.69) is 31.2 Å². The lowest BCUT2D eigenvalue weighted by molar-refractivity contribution is 0.958. The number of nitrogens with one attached hydrogen (secondary N) is 1. The van der Waals surface area contributed by atoms with Gasteiger partial charge in [0.25, 0.3) is 0 Å². The third-order valence-electron chi connectivity index (χ3n) is 2.53. The highest BCUT2D eigenvalue weighted by molar-refractivity contribution is 9.10. The Labute approximate surface area is 145 Å². The van der Waals surface area contributed by atoms with E-state index in [-0.39, 0.29) is 11.3 Å². The Morgan fingerprint density at radius 3 is 2.30 bits per heavy atom. The monoisotopic (exact) mass is 382 g/mol. The topological polar surface area (TPSA) is 109 Å². The van der Waals surface area contributed by atoms with Crippen LogP contribution in [0.3, 0.4) is 0 Å². The number of allylic oxidation sites excluding steroid dienone is 2. The van der Waals surface area contributed by atoms with Gasteiger partial charge < -0.3 is 5.32 Å². The summed E-state index contributed by atoms with van der Waals surface area (Å²) in [5.41, 5.74) is 0.218. The van der Waals surface area contributed by atoms with E-state index < -0.39 is 0 Å². The molecule has 0 fully saturated rings. The summed E-state index contributed by atoms with van der Waals surface area (Å²) in [4.78, 5) is 9.12. The summed E-state index contributed by atoms with van der Waals surface area (Å²) in [6.07, 6.45) is 3.27. The summed E-state index contributed by atoms with van der Waals surface area (Å²) in [5.74, 6) is 0. The van der Waals surface area contributed by atoms with E-state index in [0.29, 0.717) is 10.8 Å². The standard InChI is InChI=1S/C15H7BrN6S/c16-11-8-20-15(21-9-11)23-14-4-2-1-3-12(14)22-13(7-19)10(5-17)6-18/h1-4,8-9,22H. The first kappa shape index (κ1) is 16.5. The third kappa shape index (κ3) is 4.31. The highest BCUT2D eigenvalue weighted by Gasteiger charge is 2.10. The van der Waals surface area contributed by atoms with Gasteiger partial charge in [0, 0.05) is 17.3 Å². The second-order valence-electron chi connectivity index (χ2n) is 3.99. The van der Waals surface area contributed by atoms with Crippen LogP contribution >= 0.6 is 27.7 Å². The van der Waals surface area contributed by atoms with Crippen molar-refractivity contribution in [2.75, 3.05) is 5.32 Å². The molecule has 6 nitrogen and oxygen atoms in total. The molecule has 110 valence electrons. The first-order valence-electron chi connectivity index (χ1n) is 6.14. The van der Waals surface area contributed by atoms with Gasteiger partial charge in [-0.2, -0.15) is 15.8 Å². The normalized spacial score (nSPS) is 9.13. The van der Waals surface area contributed by atoms with Crippen LogP contribution in [0.15, 0.2) is 62.5 Å². The molecule has 0 aliphatic rings. The van der Waals surface area contributed by atoms with Gasteiger partial charge in [0.05, 0.1) is 10.2 Å². The van der Waals surface area contributed by atoms with Crippen LogP contribution in [0.5, 0.6) is 0 Å². The van der Waals surface area contributed by atoms with E-state index in [1.54, 1.807) is 36.7 Å². The van der Waals surface area contributed by atoms with Crippen LogP contribution in [0, 0.1) is 34.0 Å². The van der Waals surface area contributed by atoms with Gasteiger partial charge in [0.15, 0.2) is 10.7 Å². The van der Waals surface area contributed by atoms with Gasteiger partial charge in [-0.25, -0.2) is 9.97 Å². The number of benzene rings is 1. The molecule has 0 bridgehead atoms. The third-order valence-corrected chi connectivity index (χ3v) is 3.91. The second kappa shape index (κ2) is 7.95. The molecule has 0 saturated heterocycles. The number of nitriles is 3. The maximum atomic E-state index is 9.12. The van der Waals surface area contributed by atoms with Gasteiger partial charge in [0.2, 0.25) is 0 Å². The molecule has 0 aliphatic carbocycles. The molecular weight excluding hydrogens is 376 g/mol. The van der Waals surface area contributed by atoms with E-state index in [4.69, 9.17) is 15.8 Å². The van der Waals surface area contributed by atoms with Crippen molar-refractivity contribution in [1.29, 1.82) is 15.8 Å². The van der Waals surface area contributed by atoms with Crippen LogP contribution < -0.4 is 5.32 Å². The average molecular weight is 383 g/mol. The van der Waals surface area contributed by atoms with Crippen molar-refractivity contribution in [3.05, 3.63) is 52.4 Å². The van der Waals surface area contributed by atoms with Crippen molar-refractivity contribution in [1.82, 2.24) is 9.97 Å². The first-order valence-corrected chi connectivity index (χ1v) is 7.75. The van der Waals surface area contributed by atoms with Crippen molar-refractivity contribution < 1.29 is 0 Å². The Bertz CT molecular complexity index is 855.